The van der Waals surface area contributed by atoms with E-state index in [-0.39, 0.29) is 6.61 Å². The van der Waals surface area contributed by atoms with E-state index in [9.17, 15) is 9.59 Å². The highest BCUT2D eigenvalue weighted by Crippen LogP contribution is 2.47. The fourth-order valence-corrected chi connectivity index (χ4v) is 4.84. The summed E-state index contributed by atoms with van der Waals surface area (Å²) in [7, 11) is 0. The normalized spacial score (nSPS) is 12.1. The molecular weight excluding hydrogens is 490 g/mol. The quantitative estimate of drug-likeness (QED) is 0.421. The molecule has 1 aliphatic heterocycles. The SMILES string of the molecule is CC(C)c1ccc(OCC(=O)NNC(=O)N2c3ccccc3Sc3ccccc32)c(Br)c1. The summed E-state index contributed by atoms with van der Waals surface area (Å²) < 4.78 is 6.37. The Balaban J connectivity index is 1.40. The van der Waals surface area contributed by atoms with Crippen molar-refractivity contribution in [3.63, 3.8) is 0 Å². The third-order valence-corrected chi connectivity index (χ3v) is 6.68. The molecule has 0 radical (unpaired) electrons. The number of carbonyl (C=O) groups excluding carboxylic acids is 2. The van der Waals surface area contributed by atoms with Crippen LogP contribution in [-0.4, -0.2) is 18.5 Å². The smallest absolute Gasteiger partial charge is 0.345 e. The maximum atomic E-state index is 13.0. The van der Waals surface area contributed by atoms with Crippen molar-refractivity contribution in [2.75, 3.05) is 11.5 Å². The van der Waals surface area contributed by atoms with E-state index in [2.05, 4.69) is 40.6 Å². The Kier molecular flexibility index (Phi) is 6.72. The minimum absolute atomic E-state index is 0.233. The Bertz CT molecular complexity index is 1120. The first-order valence-corrected chi connectivity index (χ1v) is 11.7. The molecule has 164 valence electrons. The number of urea groups is 1. The van der Waals surface area contributed by atoms with Gasteiger partial charge in [0.2, 0.25) is 0 Å². The number of amides is 3. The number of hydrogen-bond acceptors (Lipinski definition) is 4. The van der Waals surface area contributed by atoms with Crippen LogP contribution in [0.15, 0.2) is 81.0 Å². The molecule has 8 heteroatoms. The van der Waals surface area contributed by atoms with Crippen LogP contribution in [0.4, 0.5) is 16.2 Å². The molecule has 0 fully saturated rings. The van der Waals surface area contributed by atoms with Gasteiger partial charge in [-0.15, -0.1) is 0 Å². The lowest BCUT2D eigenvalue weighted by molar-refractivity contribution is -0.123. The molecule has 0 spiro atoms. The molecule has 0 aliphatic carbocycles. The summed E-state index contributed by atoms with van der Waals surface area (Å²) in [6.45, 7) is 3.98. The second kappa shape index (κ2) is 9.67. The first kappa shape index (κ1) is 22.2. The van der Waals surface area contributed by atoms with Crippen LogP contribution >= 0.6 is 27.7 Å². The predicted molar refractivity (Wildman–Crippen MR) is 130 cm³/mol. The number of carbonyl (C=O) groups is 2. The Labute approximate surface area is 199 Å². The molecule has 3 aromatic carbocycles. The van der Waals surface area contributed by atoms with E-state index in [1.54, 1.807) is 16.7 Å². The van der Waals surface area contributed by atoms with Crippen LogP contribution < -0.4 is 20.5 Å². The van der Waals surface area contributed by atoms with Crippen LogP contribution in [0.3, 0.4) is 0 Å². The number of nitrogens with zero attached hydrogens (tertiary/aromatic N) is 1. The number of fused-ring (bicyclic) bond motifs is 2. The third-order valence-electron chi connectivity index (χ3n) is 4.93. The largest absolute Gasteiger partial charge is 0.483 e. The van der Waals surface area contributed by atoms with Gasteiger partial charge in [-0.05, 0) is 63.8 Å². The maximum Gasteiger partial charge on any atom is 0.345 e. The number of ether oxygens (including phenoxy) is 1. The molecule has 4 rings (SSSR count). The summed E-state index contributed by atoms with van der Waals surface area (Å²) in [5.74, 6) is 0.486. The van der Waals surface area contributed by atoms with Gasteiger partial charge in [0.1, 0.15) is 5.75 Å². The highest BCUT2D eigenvalue weighted by molar-refractivity contribution is 9.10. The summed E-state index contributed by atoms with van der Waals surface area (Å²) in [6.07, 6.45) is 0. The van der Waals surface area contributed by atoms with Gasteiger partial charge in [0, 0.05) is 9.79 Å². The fraction of sp³-hybridized carbons (Fsp3) is 0.167. The van der Waals surface area contributed by atoms with E-state index >= 15 is 0 Å². The minimum atomic E-state index is -0.467. The van der Waals surface area contributed by atoms with Crippen molar-refractivity contribution in [1.82, 2.24) is 10.9 Å². The molecule has 0 unspecified atom stereocenters. The topological polar surface area (TPSA) is 70.7 Å². The summed E-state index contributed by atoms with van der Waals surface area (Å²) in [5.41, 5.74) is 7.61. The average molecular weight is 512 g/mol. The van der Waals surface area contributed by atoms with E-state index in [1.165, 1.54) is 5.56 Å². The van der Waals surface area contributed by atoms with E-state index in [0.717, 1.165) is 25.6 Å². The van der Waals surface area contributed by atoms with Crippen LogP contribution in [0.25, 0.3) is 0 Å². The Morgan fingerprint density at radius 3 is 2.19 bits per heavy atom. The van der Waals surface area contributed by atoms with Crippen molar-refractivity contribution in [2.24, 2.45) is 0 Å². The molecule has 0 saturated carbocycles. The first-order chi connectivity index (χ1) is 15.4. The Morgan fingerprint density at radius 1 is 0.969 bits per heavy atom. The average Bonchev–Trinajstić information content (AvgIpc) is 2.80. The van der Waals surface area contributed by atoms with Gasteiger partial charge in [-0.3, -0.25) is 15.1 Å². The number of para-hydroxylation sites is 2. The number of rotatable bonds is 4. The molecule has 0 bridgehead atoms. The van der Waals surface area contributed by atoms with Gasteiger partial charge in [-0.25, -0.2) is 10.2 Å². The van der Waals surface area contributed by atoms with Crippen molar-refractivity contribution in [1.29, 1.82) is 0 Å². The van der Waals surface area contributed by atoms with E-state index in [1.807, 2.05) is 66.7 Å². The molecular formula is C24H22BrN3O3S. The number of nitrogens with one attached hydrogen (secondary N) is 2. The summed E-state index contributed by atoms with van der Waals surface area (Å²) >= 11 is 5.08. The maximum absolute atomic E-state index is 13.0. The number of benzene rings is 3. The number of halogens is 1. The molecule has 32 heavy (non-hydrogen) atoms. The van der Waals surface area contributed by atoms with E-state index < -0.39 is 11.9 Å². The van der Waals surface area contributed by atoms with Gasteiger partial charge in [0.05, 0.1) is 15.8 Å². The number of anilines is 2. The van der Waals surface area contributed by atoms with Crippen LogP contribution in [0.2, 0.25) is 0 Å². The molecule has 6 nitrogen and oxygen atoms in total. The van der Waals surface area contributed by atoms with Crippen molar-refractivity contribution in [2.45, 2.75) is 29.6 Å². The van der Waals surface area contributed by atoms with Crippen LogP contribution in [-0.2, 0) is 4.79 Å². The molecule has 3 amide bonds. The Hall–Kier alpha value is -2.97. The lowest BCUT2D eigenvalue weighted by atomic mass is 10.0. The van der Waals surface area contributed by atoms with Crippen LogP contribution in [0.1, 0.15) is 25.3 Å². The second-order valence-electron chi connectivity index (χ2n) is 7.48. The van der Waals surface area contributed by atoms with Crippen molar-refractivity contribution >= 4 is 51.0 Å². The molecule has 1 aliphatic rings. The summed E-state index contributed by atoms with van der Waals surface area (Å²) in [4.78, 5) is 28.8. The summed E-state index contributed by atoms with van der Waals surface area (Å²) in [5, 5.41) is 0. The van der Waals surface area contributed by atoms with Crippen LogP contribution in [0, 0.1) is 0 Å². The fourth-order valence-electron chi connectivity index (χ4n) is 3.28. The van der Waals surface area contributed by atoms with Gasteiger partial charge in [0.15, 0.2) is 6.61 Å². The molecule has 0 aromatic heterocycles. The van der Waals surface area contributed by atoms with Gasteiger partial charge in [0.25, 0.3) is 5.91 Å². The van der Waals surface area contributed by atoms with Crippen molar-refractivity contribution in [3.8, 4) is 5.75 Å². The lowest BCUT2D eigenvalue weighted by Gasteiger charge is -2.30. The molecule has 0 atom stereocenters. The van der Waals surface area contributed by atoms with Crippen molar-refractivity contribution in [3.05, 3.63) is 76.8 Å². The second-order valence-corrected chi connectivity index (χ2v) is 9.42. The minimum Gasteiger partial charge on any atom is -0.483 e. The summed E-state index contributed by atoms with van der Waals surface area (Å²) in [6, 6.07) is 20.6. The van der Waals surface area contributed by atoms with Gasteiger partial charge >= 0.3 is 6.03 Å². The van der Waals surface area contributed by atoms with Gasteiger partial charge < -0.3 is 4.74 Å². The first-order valence-electron chi connectivity index (χ1n) is 10.1. The monoisotopic (exact) mass is 511 g/mol. The molecule has 0 saturated heterocycles. The third kappa shape index (κ3) is 4.76. The van der Waals surface area contributed by atoms with E-state index in [4.69, 9.17) is 4.74 Å². The molecule has 3 aromatic rings. The standard InChI is InChI=1S/C24H22BrN3O3S/c1-15(2)16-11-12-20(17(25)13-16)31-14-23(29)26-27-24(30)28-18-7-3-5-9-21(18)32-22-10-6-4-8-19(22)28/h3-13,15H,14H2,1-2H3,(H,26,29)(H,27,30). The lowest BCUT2D eigenvalue weighted by Crippen LogP contribution is -2.49. The highest BCUT2D eigenvalue weighted by atomic mass is 79.9. The molecule has 1 heterocycles. The van der Waals surface area contributed by atoms with Crippen molar-refractivity contribution < 1.29 is 14.3 Å². The zero-order valence-electron chi connectivity index (χ0n) is 17.6. The van der Waals surface area contributed by atoms with Gasteiger partial charge in [-0.1, -0.05) is 55.9 Å². The zero-order valence-corrected chi connectivity index (χ0v) is 20.0. The highest BCUT2D eigenvalue weighted by Gasteiger charge is 2.28. The van der Waals surface area contributed by atoms with Crippen LogP contribution in [0.5, 0.6) is 5.75 Å². The van der Waals surface area contributed by atoms with E-state index in [0.29, 0.717) is 11.7 Å². The van der Waals surface area contributed by atoms with Gasteiger partial charge in [-0.2, -0.15) is 0 Å². The number of hydrazine groups is 1. The Morgan fingerprint density at radius 2 is 1.59 bits per heavy atom. The predicted octanol–water partition coefficient (Wildman–Crippen LogP) is 6.00. The number of hydrogen-bond donors (Lipinski definition) is 2. The zero-order chi connectivity index (χ0) is 22.7. The molecule has 2 N–H and O–H groups in total.